The van der Waals surface area contributed by atoms with Gasteiger partial charge >= 0.3 is 0 Å². The van der Waals surface area contributed by atoms with Gasteiger partial charge in [-0.1, -0.05) is 32.4 Å². The first-order chi connectivity index (χ1) is 14.8. The maximum Gasteiger partial charge on any atom is 0.275 e. The van der Waals surface area contributed by atoms with Crippen LogP contribution in [0.1, 0.15) is 86.0 Å². The second-order valence-electron chi connectivity index (χ2n) is 11.5. The molecule has 0 bridgehead atoms. The van der Waals surface area contributed by atoms with E-state index in [1.54, 1.807) is 6.08 Å². The van der Waals surface area contributed by atoms with Gasteiger partial charge < -0.3 is 15.3 Å². The molecule has 0 aromatic rings. The third-order valence-corrected chi connectivity index (χ3v) is 8.95. The van der Waals surface area contributed by atoms with Gasteiger partial charge in [0.1, 0.15) is 5.60 Å². The lowest BCUT2D eigenvalue weighted by atomic mass is 9.59. The summed E-state index contributed by atoms with van der Waals surface area (Å²) in [7, 11) is 0. The van der Waals surface area contributed by atoms with Crippen LogP contribution in [0.15, 0.2) is 35.1 Å². The molecule has 32 heavy (non-hydrogen) atoms. The average Bonchev–Trinajstić information content (AvgIpc) is 3.04. The van der Waals surface area contributed by atoms with E-state index in [0.29, 0.717) is 24.2 Å². The molecule has 3 aliphatic carbocycles. The van der Waals surface area contributed by atoms with Crippen molar-refractivity contribution in [2.45, 2.75) is 104 Å². The first-order valence-corrected chi connectivity index (χ1v) is 12.3. The molecule has 1 unspecified atom stereocenters. The van der Waals surface area contributed by atoms with Crippen molar-refractivity contribution in [1.29, 1.82) is 0 Å². The summed E-state index contributed by atoms with van der Waals surface area (Å²) in [6.07, 6.45) is 11.5. The molecule has 0 radical (unpaired) electrons. The Bertz CT molecular complexity index is 776. The van der Waals surface area contributed by atoms with Gasteiger partial charge in [-0.15, -0.1) is 0 Å². The van der Waals surface area contributed by atoms with E-state index in [2.05, 4.69) is 26.0 Å². The summed E-state index contributed by atoms with van der Waals surface area (Å²) >= 11 is 0. The molecule has 6 atom stereocenters. The number of alkyl halides is 2. The zero-order valence-electron chi connectivity index (χ0n) is 20.4. The fraction of sp³-hybridized carbons (Fsp3) is 0.778. The summed E-state index contributed by atoms with van der Waals surface area (Å²) in [4.78, 5) is 0. The summed E-state index contributed by atoms with van der Waals surface area (Å²) in [5, 5.41) is 29.9. The number of fused-ring (bicyclic) bond motifs is 1. The second kappa shape index (κ2) is 9.21. The highest BCUT2D eigenvalue weighted by atomic mass is 19.3. The molecule has 0 amide bonds. The number of hydrogen-bond donors (Lipinski definition) is 3. The molecular weight excluding hydrogens is 410 g/mol. The third-order valence-electron chi connectivity index (χ3n) is 8.95. The Morgan fingerprint density at radius 1 is 1.25 bits per heavy atom. The molecular formula is C27H42F2O3. The fourth-order valence-electron chi connectivity index (χ4n) is 6.67. The predicted octanol–water partition coefficient (Wildman–Crippen LogP) is 6.72. The van der Waals surface area contributed by atoms with Crippen LogP contribution in [0.4, 0.5) is 8.78 Å². The minimum Gasteiger partial charge on any atom is -0.512 e. The molecule has 0 aliphatic heterocycles. The molecule has 3 aliphatic rings. The Morgan fingerprint density at radius 2 is 1.94 bits per heavy atom. The zero-order valence-corrected chi connectivity index (χ0v) is 20.4. The van der Waals surface area contributed by atoms with Crippen molar-refractivity contribution in [3.05, 3.63) is 35.1 Å². The minimum absolute atomic E-state index is 0.143. The zero-order chi connectivity index (χ0) is 23.9. The van der Waals surface area contributed by atoms with E-state index in [1.165, 1.54) is 13.8 Å². The molecule has 182 valence electrons. The Hall–Kier alpha value is -1.20. The van der Waals surface area contributed by atoms with E-state index in [9.17, 15) is 24.1 Å². The van der Waals surface area contributed by atoms with Crippen molar-refractivity contribution >= 4 is 0 Å². The quantitative estimate of drug-likeness (QED) is 0.402. The number of rotatable bonds is 7. The van der Waals surface area contributed by atoms with E-state index in [1.807, 2.05) is 6.92 Å². The molecule has 0 heterocycles. The van der Waals surface area contributed by atoms with Gasteiger partial charge in [0.25, 0.3) is 5.92 Å². The van der Waals surface area contributed by atoms with Crippen LogP contribution in [-0.2, 0) is 0 Å². The van der Waals surface area contributed by atoms with E-state index >= 15 is 0 Å². The average molecular weight is 453 g/mol. The van der Waals surface area contributed by atoms with Crippen molar-refractivity contribution in [2.75, 3.05) is 0 Å². The van der Waals surface area contributed by atoms with Gasteiger partial charge in [-0.3, -0.25) is 0 Å². The maximum absolute atomic E-state index is 14.3. The number of allylic oxidation sites excluding steroid dienone is 4. The highest BCUT2D eigenvalue weighted by Crippen LogP contribution is 2.60. The van der Waals surface area contributed by atoms with Gasteiger partial charge in [0.15, 0.2) is 0 Å². The molecule has 0 aromatic heterocycles. The van der Waals surface area contributed by atoms with Gasteiger partial charge in [0, 0.05) is 12.8 Å². The first kappa shape index (κ1) is 25.4. The summed E-state index contributed by atoms with van der Waals surface area (Å²) < 4.78 is 28.7. The summed E-state index contributed by atoms with van der Waals surface area (Å²) in [6.45, 7) is 8.78. The van der Waals surface area contributed by atoms with Crippen LogP contribution in [0.2, 0.25) is 0 Å². The Labute approximate surface area is 192 Å². The Morgan fingerprint density at radius 3 is 2.59 bits per heavy atom. The molecule has 0 aromatic carbocycles. The predicted molar refractivity (Wildman–Crippen MR) is 124 cm³/mol. The molecule has 5 heteroatoms. The minimum atomic E-state index is -3.08. The van der Waals surface area contributed by atoms with Gasteiger partial charge in [0.2, 0.25) is 0 Å². The number of halogens is 2. The van der Waals surface area contributed by atoms with Crippen molar-refractivity contribution in [3.63, 3.8) is 0 Å². The van der Waals surface area contributed by atoms with Gasteiger partial charge in [-0.2, -0.15) is 0 Å². The van der Waals surface area contributed by atoms with Crippen LogP contribution < -0.4 is 0 Å². The smallest absolute Gasteiger partial charge is 0.275 e. The molecule has 0 spiro atoms. The summed E-state index contributed by atoms with van der Waals surface area (Å²) in [6, 6.07) is 0. The fourth-order valence-corrected chi connectivity index (χ4v) is 6.67. The van der Waals surface area contributed by atoms with Crippen LogP contribution in [-0.4, -0.2) is 32.9 Å². The van der Waals surface area contributed by atoms with Gasteiger partial charge in [-0.25, -0.2) is 8.78 Å². The highest BCUT2D eigenvalue weighted by Gasteiger charge is 2.52. The van der Waals surface area contributed by atoms with Crippen LogP contribution in [0.5, 0.6) is 0 Å². The maximum atomic E-state index is 14.3. The van der Waals surface area contributed by atoms with Crippen molar-refractivity contribution in [3.8, 4) is 0 Å². The molecule has 3 nitrogen and oxygen atoms in total. The second-order valence-corrected chi connectivity index (χ2v) is 11.5. The normalized spacial score (nSPS) is 35.2. The van der Waals surface area contributed by atoms with Crippen LogP contribution >= 0.6 is 0 Å². The largest absolute Gasteiger partial charge is 0.512 e. The number of aliphatic hydroxyl groups excluding tert-OH is 2. The van der Waals surface area contributed by atoms with Crippen LogP contribution in [0.3, 0.4) is 0 Å². The van der Waals surface area contributed by atoms with Gasteiger partial charge in [-0.05, 0) is 99.2 Å². The Kier molecular flexibility index (Phi) is 7.32. The van der Waals surface area contributed by atoms with E-state index in [-0.39, 0.29) is 29.9 Å². The van der Waals surface area contributed by atoms with Crippen LogP contribution in [0, 0.1) is 29.1 Å². The number of hydrogen-bond acceptors (Lipinski definition) is 3. The molecule has 2 fully saturated rings. The van der Waals surface area contributed by atoms with Crippen molar-refractivity contribution in [1.82, 2.24) is 0 Å². The molecule has 0 saturated heterocycles. The molecule has 3 rings (SSSR count). The highest BCUT2D eigenvalue weighted by molar-refractivity contribution is 5.41. The van der Waals surface area contributed by atoms with Crippen molar-refractivity contribution < 1.29 is 24.1 Å². The third kappa shape index (κ3) is 4.99. The lowest BCUT2D eigenvalue weighted by Crippen LogP contribution is -2.43. The molecule has 3 N–H and O–H groups in total. The van der Waals surface area contributed by atoms with E-state index < -0.39 is 17.6 Å². The monoisotopic (exact) mass is 452 g/mol. The SMILES string of the molecule is CC1=C(/C=C\C2CCC[C@]3(C)[C@@H]([C@H](C)CCC(F)(F)C(C)(C)O)CC[C@@H]23)C=C(O)C[C@H]1O. The lowest BCUT2D eigenvalue weighted by molar-refractivity contribution is -0.168. The van der Waals surface area contributed by atoms with E-state index in [0.717, 1.165) is 43.3 Å². The van der Waals surface area contributed by atoms with Gasteiger partial charge in [0.05, 0.1) is 11.9 Å². The topological polar surface area (TPSA) is 60.7 Å². The summed E-state index contributed by atoms with van der Waals surface area (Å²) in [5.74, 6) is -1.29. The Balaban J connectivity index is 1.70. The summed E-state index contributed by atoms with van der Waals surface area (Å²) in [5.41, 5.74) is -0.0594. The van der Waals surface area contributed by atoms with Crippen molar-refractivity contribution in [2.24, 2.45) is 29.1 Å². The lowest BCUT2D eigenvalue weighted by Gasteiger charge is -2.46. The van der Waals surface area contributed by atoms with Crippen LogP contribution in [0.25, 0.3) is 0 Å². The molecule has 2 saturated carbocycles. The number of aliphatic hydroxyl groups is 3. The first-order valence-electron chi connectivity index (χ1n) is 12.3. The van der Waals surface area contributed by atoms with E-state index in [4.69, 9.17) is 0 Å². The standard InChI is InChI=1S/C27H42F2O3/c1-17(12-14-27(28,29)25(3,4)32)22-10-11-23-19(7-6-13-26(22,23)5)8-9-20-15-21(30)16-24(31)18(20)2/h8-9,15,17,19,22-24,30-32H,6-7,10-14,16H2,1-5H3/b9-8-/t17-,19?,22-,23+,24-,26-/m1/s1.